The van der Waals surface area contributed by atoms with E-state index in [-0.39, 0.29) is 35.0 Å². The SMILES string of the molecule is C=CCOc1ccc([C@H]2C(=C(O)c3ccc4c(c3)C[C@@H](C)O4)C(=O)C(=O)N2c2nc(C)c(C(C)=O)s2)cc1OCC. The molecule has 9 nitrogen and oxygen atoms in total. The van der Waals surface area contributed by atoms with Crippen LogP contribution in [0.4, 0.5) is 5.13 Å². The highest BCUT2D eigenvalue weighted by molar-refractivity contribution is 7.18. The van der Waals surface area contributed by atoms with Crippen molar-refractivity contribution in [1.82, 2.24) is 4.98 Å². The van der Waals surface area contributed by atoms with Crippen LogP contribution in [0, 0.1) is 6.92 Å². The Hall–Kier alpha value is -4.44. The number of hydrogen-bond donors (Lipinski definition) is 1. The second-order valence-electron chi connectivity index (χ2n) is 9.83. The number of nitrogens with zero attached hydrogens (tertiary/aromatic N) is 2. The molecule has 0 spiro atoms. The van der Waals surface area contributed by atoms with Gasteiger partial charge in [-0.3, -0.25) is 19.3 Å². The van der Waals surface area contributed by atoms with E-state index in [4.69, 9.17) is 14.2 Å². The van der Waals surface area contributed by atoms with Crippen molar-refractivity contribution >= 4 is 39.7 Å². The molecule has 41 heavy (non-hydrogen) atoms. The molecule has 1 N–H and O–H groups in total. The predicted molar refractivity (Wildman–Crippen MR) is 155 cm³/mol. The Bertz CT molecular complexity index is 1610. The van der Waals surface area contributed by atoms with E-state index >= 15 is 0 Å². The number of benzene rings is 2. The standard InChI is InChI=1S/C31H30N2O7S/c1-6-12-39-23-11-8-19(15-24(23)38-7-2)26-25(27(35)20-9-10-22-21(14-20)13-16(3)40-22)28(36)30(37)33(26)31-32-17(4)29(41-31)18(5)34/h6,8-11,14-16,26,35H,1,7,12-13H2,2-5H3/t16-,26+/m1/s1. The fraction of sp³-hybridized carbons (Fsp3) is 0.290. The highest BCUT2D eigenvalue weighted by Gasteiger charge is 2.48. The molecule has 5 rings (SSSR count). The first kappa shape index (κ1) is 28.1. The average Bonchev–Trinajstić information content (AvgIpc) is 3.59. The molecule has 2 aromatic carbocycles. The van der Waals surface area contributed by atoms with Crippen molar-refractivity contribution in [3.05, 3.63) is 81.9 Å². The lowest BCUT2D eigenvalue weighted by molar-refractivity contribution is -0.132. The van der Waals surface area contributed by atoms with Crippen molar-refractivity contribution in [2.45, 2.75) is 46.3 Å². The lowest BCUT2D eigenvalue weighted by atomic mass is 9.94. The molecule has 10 heteroatoms. The summed E-state index contributed by atoms with van der Waals surface area (Å²) in [5, 5.41) is 11.8. The average molecular weight is 575 g/mol. The maximum absolute atomic E-state index is 13.6. The molecular weight excluding hydrogens is 544 g/mol. The molecule has 0 bridgehead atoms. The molecule has 2 aliphatic rings. The first-order valence-corrected chi connectivity index (χ1v) is 14.1. The van der Waals surface area contributed by atoms with Gasteiger partial charge in [-0.05, 0) is 62.2 Å². The lowest BCUT2D eigenvalue weighted by Gasteiger charge is -2.24. The van der Waals surface area contributed by atoms with Gasteiger partial charge in [-0.1, -0.05) is 30.1 Å². The number of fused-ring (bicyclic) bond motifs is 1. The summed E-state index contributed by atoms with van der Waals surface area (Å²) < 4.78 is 17.4. The Balaban J connectivity index is 1.70. The first-order chi connectivity index (χ1) is 19.6. The molecule has 0 unspecified atom stereocenters. The Morgan fingerprint density at radius 1 is 1.22 bits per heavy atom. The minimum Gasteiger partial charge on any atom is -0.507 e. The van der Waals surface area contributed by atoms with Gasteiger partial charge < -0.3 is 19.3 Å². The second-order valence-corrected chi connectivity index (χ2v) is 10.8. The molecule has 0 saturated carbocycles. The molecule has 1 saturated heterocycles. The van der Waals surface area contributed by atoms with Crippen LogP contribution in [0.25, 0.3) is 5.76 Å². The van der Waals surface area contributed by atoms with Crippen LogP contribution in [-0.4, -0.2) is 46.9 Å². The van der Waals surface area contributed by atoms with Crippen molar-refractivity contribution < 1.29 is 33.7 Å². The molecule has 212 valence electrons. The Morgan fingerprint density at radius 3 is 2.68 bits per heavy atom. The highest BCUT2D eigenvalue weighted by atomic mass is 32.1. The number of aliphatic hydroxyl groups is 1. The largest absolute Gasteiger partial charge is 0.507 e. The lowest BCUT2D eigenvalue weighted by Crippen LogP contribution is -2.29. The summed E-state index contributed by atoms with van der Waals surface area (Å²) in [5.74, 6) is -0.648. The molecule has 1 fully saturated rings. The van der Waals surface area contributed by atoms with Gasteiger partial charge in [-0.25, -0.2) is 4.98 Å². The van der Waals surface area contributed by atoms with Crippen molar-refractivity contribution in [3.63, 3.8) is 0 Å². The molecule has 0 radical (unpaired) electrons. The summed E-state index contributed by atoms with van der Waals surface area (Å²) in [7, 11) is 0. The van der Waals surface area contributed by atoms with Gasteiger partial charge in [0.2, 0.25) is 0 Å². The number of anilines is 1. The fourth-order valence-corrected chi connectivity index (χ4v) is 6.10. The normalized spacial score (nSPS) is 19.2. The quantitative estimate of drug-likeness (QED) is 0.116. The number of amides is 1. The van der Waals surface area contributed by atoms with Crippen molar-refractivity contribution in [3.8, 4) is 17.2 Å². The summed E-state index contributed by atoms with van der Waals surface area (Å²) in [5.41, 5.74) is 2.14. The zero-order valence-electron chi connectivity index (χ0n) is 23.2. The molecule has 2 atom stereocenters. The topological polar surface area (TPSA) is 115 Å². The molecule has 1 aromatic heterocycles. The summed E-state index contributed by atoms with van der Waals surface area (Å²) in [6.45, 7) is 11.2. The van der Waals surface area contributed by atoms with Crippen LogP contribution in [-0.2, 0) is 16.0 Å². The van der Waals surface area contributed by atoms with Gasteiger partial charge in [0.15, 0.2) is 22.4 Å². The van der Waals surface area contributed by atoms with Gasteiger partial charge in [0.05, 0.1) is 28.8 Å². The summed E-state index contributed by atoms with van der Waals surface area (Å²) in [6, 6.07) is 9.23. The monoisotopic (exact) mass is 574 g/mol. The van der Waals surface area contributed by atoms with Crippen LogP contribution in [0.3, 0.4) is 0 Å². The zero-order valence-corrected chi connectivity index (χ0v) is 24.0. The van der Waals surface area contributed by atoms with Gasteiger partial charge in [-0.15, -0.1) is 0 Å². The molecule has 1 amide bonds. The van der Waals surface area contributed by atoms with E-state index < -0.39 is 17.7 Å². The van der Waals surface area contributed by atoms with Crippen LogP contribution in [0.1, 0.15) is 58.9 Å². The van der Waals surface area contributed by atoms with Gasteiger partial charge in [0.25, 0.3) is 5.78 Å². The molecule has 3 aromatic rings. The Morgan fingerprint density at radius 2 is 2.00 bits per heavy atom. The van der Waals surface area contributed by atoms with Crippen LogP contribution >= 0.6 is 11.3 Å². The van der Waals surface area contributed by atoms with Crippen molar-refractivity contribution in [2.75, 3.05) is 18.1 Å². The van der Waals surface area contributed by atoms with Gasteiger partial charge >= 0.3 is 5.91 Å². The second kappa shape index (κ2) is 11.2. The summed E-state index contributed by atoms with van der Waals surface area (Å²) >= 11 is 1.03. The summed E-state index contributed by atoms with van der Waals surface area (Å²) in [6.07, 6.45) is 2.26. The first-order valence-electron chi connectivity index (χ1n) is 13.2. The predicted octanol–water partition coefficient (Wildman–Crippen LogP) is 5.57. The van der Waals surface area contributed by atoms with Crippen molar-refractivity contribution in [1.29, 1.82) is 0 Å². The molecule has 3 heterocycles. The zero-order chi connectivity index (χ0) is 29.4. The minimum atomic E-state index is -1.04. The van der Waals surface area contributed by atoms with Crippen molar-refractivity contribution in [2.24, 2.45) is 0 Å². The number of rotatable bonds is 9. The fourth-order valence-electron chi connectivity index (χ4n) is 5.11. The van der Waals surface area contributed by atoms with Gasteiger partial charge in [0, 0.05) is 18.9 Å². The molecular formula is C31H30N2O7S. The third kappa shape index (κ3) is 5.11. The number of Topliss-reactive ketones (excluding diaryl/α,β-unsaturated/α-hetero) is 2. The van der Waals surface area contributed by atoms with E-state index in [0.29, 0.717) is 46.2 Å². The minimum absolute atomic E-state index is 0.00426. The number of aromatic nitrogens is 1. The van der Waals surface area contributed by atoms with Gasteiger partial charge in [-0.2, -0.15) is 0 Å². The number of ketones is 2. The van der Waals surface area contributed by atoms with E-state index in [9.17, 15) is 19.5 Å². The maximum Gasteiger partial charge on any atom is 0.301 e. The number of aryl methyl sites for hydroxylation is 1. The van der Waals surface area contributed by atoms with Crippen LogP contribution in [0.2, 0.25) is 0 Å². The Kier molecular flexibility index (Phi) is 7.68. The smallest absolute Gasteiger partial charge is 0.301 e. The maximum atomic E-state index is 13.6. The van der Waals surface area contributed by atoms with E-state index in [1.165, 1.54) is 11.8 Å². The molecule has 2 aliphatic heterocycles. The van der Waals surface area contributed by atoms with E-state index in [1.807, 2.05) is 13.8 Å². The van der Waals surface area contributed by atoms with E-state index in [2.05, 4.69) is 11.6 Å². The number of thiazole rings is 1. The number of aliphatic hydroxyl groups excluding tert-OH is 1. The Labute approximate surface area is 241 Å². The number of carbonyl (C=O) groups excluding carboxylic acids is 3. The van der Waals surface area contributed by atoms with E-state index in [1.54, 1.807) is 49.4 Å². The van der Waals surface area contributed by atoms with Crippen LogP contribution < -0.4 is 19.1 Å². The highest BCUT2D eigenvalue weighted by Crippen LogP contribution is 2.46. The van der Waals surface area contributed by atoms with Crippen LogP contribution in [0.5, 0.6) is 17.2 Å². The summed E-state index contributed by atoms with van der Waals surface area (Å²) in [4.78, 5) is 45.5. The third-order valence-electron chi connectivity index (χ3n) is 6.87. The molecule has 0 aliphatic carbocycles. The third-order valence-corrected chi connectivity index (χ3v) is 8.12. The van der Waals surface area contributed by atoms with Gasteiger partial charge in [0.1, 0.15) is 24.2 Å². The van der Waals surface area contributed by atoms with Crippen LogP contribution in [0.15, 0.2) is 54.6 Å². The number of hydrogen-bond acceptors (Lipinski definition) is 9. The number of ether oxygens (including phenoxy) is 3. The van der Waals surface area contributed by atoms with E-state index in [0.717, 1.165) is 22.6 Å². The number of carbonyl (C=O) groups is 3.